The maximum atomic E-state index is 13.4. The summed E-state index contributed by atoms with van der Waals surface area (Å²) in [6.45, 7) is 8.10. The molecule has 0 bridgehead atoms. The number of allylic oxidation sites excluding steroid dienone is 1. The topological polar surface area (TPSA) is 101 Å². The average Bonchev–Trinajstić information content (AvgIpc) is 3.18. The third-order valence-electron chi connectivity index (χ3n) is 6.29. The van der Waals surface area contributed by atoms with Gasteiger partial charge in [0.2, 0.25) is 15.9 Å². The van der Waals surface area contributed by atoms with Crippen LogP contribution in [0, 0.1) is 12.8 Å². The second kappa shape index (κ2) is 10.5. The molecule has 0 saturated heterocycles. The molecule has 1 aliphatic carbocycles. The van der Waals surface area contributed by atoms with Crippen LogP contribution >= 0.6 is 23.1 Å². The van der Waals surface area contributed by atoms with Gasteiger partial charge in [0.25, 0.3) is 5.56 Å². The van der Waals surface area contributed by atoms with Crippen LogP contribution < -0.4 is 10.9 Å². The molecule has 0 fully saturated rings. The van der Waals surface area contributed by atoms with Gasteiger partial charge in [-0.15, -0.1) is 17.9 Å². The summed E-state index contributed by atoms with van der Waals surface area (Å²) >= 11 is 2.76. The van der Waals surface area contributed by atoms with E-state index in [2.05, 4.69) is 18.8 Å². The van der Waals surface area contributed by atoms with Crippen LogP contribution in [-0.2, 0) is 34.2 Å². The van der Waals surface area contributed by atoms with E-state index in [1.165, 1.54) is 42.9 Å². The number of nitrogens with one attached hydrogen (secondary N) is 1. The first-order valence-electron chi connectivity index (χ1n) is 11.6. The molecule has 1 amide bonds. The summed E-state index contributed by atoms with van der Waals surface area (Å²) in [7, 11) is -0.710. The number of thiophene rings is 1. The Hall–Kier alpha value is -2.47. The molecular weight excluding hydrogens is 517 g/mol. The highest BCUT2D eigenvalue weighted by Gasteiger charge is 2.25. The highest BCUT2D eigenvalue weighted by atomic mass is 32.2. The Morgan fingerprint density at radius 3 is 2.83 bits per heavy atom. The minimum atomic E-state index is -3.63. The smallest absolute Gasteiger partial charge is 0.263 e. The zero-order valence-electron chi connectivity index (χ0n) is 20.8. The molecule has 2 aromatic heterocycles. The van der Waals surface area contributed by atoms with Crippen LogP contribution in [0.3, 0.4) is 0 Å². The Morgan fingerprint density at radius 1 is 1.39 bits per heavy atom. The van der Waals surface area contributed by atoms with Crippen molar-refractivity contribution in [3.63, 3.8) is 0 Å². The van der Waals surface area contributed by atoms with Crippen LogP contribution in [0.5, 0.6) is 0 Å². The Labute approximate surface area is 219 Å². The highest BCUT2D eigenvalue weighted by molar-refractivity contribution is 7.99. The van der Waals surface area contributed by atoms with E-state index >= 15 is 0 Å². The second-order valence-corrected chi connectivity index (χ2v) is 13.4. The van der Waals surface area contributed by atoms with Crippen molar-refractivity contribution >= 4 is 54.9 Å². The van der Waals surface area contributed by atoms with Gasteiger partial charge in [0, 0.05) is 31.2 Å². The summed E-state index contributed by atoms with van der Waals surface area (Å²) < 4.78 is 27.7. The number of fused-ring (bicyclic) bond motifs is 3. The zero-order chi connectivity index (χ0) is 26.2. The van der Waals surface area contributed by atoms with E-state index < -0.39 is 10.0 Å². The molecule has 1 unspecified atom stereocenters. The van der Waals surface area contributed by atoms with Crippen LogP contribution in [0.1, 0.15) is 29.3 Å². The quantitative estimate of drug-likeness (QED) is 0.260. The van der Waals surface area contributed by atoms with Crippen LogP contribution in [0.4, 0.5) is 5.69 Å². The molecule has 0 radical (unpaired) electrons. The van der Waals surface area contributed by atoms with E-state index in [0.717, 1.165) is 39.5 Å². The molecule has 1 N–H and O–H groups in total. The summed E-state index contributed by atoms with van der Waals surface area (Å²) in [4.78, 5) is 33.1. The number of hydrogen-bond donors (Lipinski definition) is 1. The van der Waals surface area contributed by atoms with Crippen LogP contribution in [-0.4, -0.2) is 48.0 Å². The lowest BCUT2D eigenvalue weighted by Crippen LogP contribution is -2.24. The molecule has 8 nitrogen and oxygen atoms in total. The number of aryl methyl sites for hydroxylation is 2. The van der Waals surface area contributed by atoms with Gasteiger partial charge in [0.05, 0.1) is 16.0 Å². The Kier molecular flexibility index (Phi) is 7.75. The minimum absolute atomic E-state index is 0.0152. The van der Waals surface area contributed by atoms with Gasteiger partial charge in [-0.2, -0.15) is 0 Å². The van der Waals surface area contributed by atoms with E-state index in [-0.39, 0.29) is 22.1 Å². The fourth-order valence-electron chi connectivity index (χ4n) is 4.23. The van der Waals surface area contributed by atoms with E-state index in [9.17, 15) is 18.0 Å². The lowest BCUT2D eigenvalue weighted by Gasteiger charge is -2.17. The van der Waals surface area contributed by atoms with Gasteiger partial charge in [-0.1, -0.05) is 30.8 Å². The fraction of sp³-hybridized carbons (Fsp3) is 0.400. The maximum absolute atomic E-state index is 13.4. The maximum Gasteiger partial charge on any atom is 0.263 e. The van der Waals surface area contributed by atoms with Crippen LogP contribution in [0.2, 0.25) is 0 Å². The zero-order valence-corrected chi connectivity index (χ0v) is 23.3. The first-order valence-corrected chi connectivity index (χ1v) is 14.9. The van der Waals surface area contributed by atoms with Gasteiger partial charge >= 0.3 is 0 Å². The lowest BCUT2D eigenvalue weighted by molar-refractivity contribution is -0.113. The van der Waals surface area contributed by atoms with Crippen molar-refractivity contribution in [2.45, 2.75) is 49.7 Å². The van der Waals surface area contributed by atoms with Gasteiger partial charge in [0.1, 0.15) is 4.83 Å². The van der Waals surface area contributed by atoms with Crippen molar-refractivity contribution in [3.05, 3.63) is 57.2 Å². The van der Waals surface area contributed by atoms with Crippen LogP contribution in [0.15, 0.2) is 45.7 Å². The number of sulfonamides is 1. The first kappa shape index (κ1) is 26.6. The van der Waals surface area contributed by atoms with Gasteiger partial charge in [-0.05, 0) is 55.4 Å². The summed E-state index contributed by atoms with van der Waals surface area (Å²) in [6, 6.07) is 4.64. The molecule has 0 saturated carbocycles. The molecule has 1 atom stereocenters. The van der Waals surface area contributed by atoms with Crippen molar-refractivity contribution in [1.82, 2.24) is 13.9 Å². The van der Waals surface area contributed by atoms with Crippen molar-refractivity contribution in [1.29, 1.82) is 0 Å². The normalized spacial score (nSPS) is 15.8. The standard InChI is InChI=1S/C25H30N4O4S3/c1-6-11-29-24(31)22-18-10-7-15(2)12-20(18)35-23(22)27-25(29)34-14-21(30)26-19-13-17(9-8-16(19)3)36(32,33)28(4)5/h6,8-9,13,15H,1,7,10-12,14H2,2-5H3,(H,26,30). The lowest BCUT2D eigenvalue weighted by atomic mass is 9.89. The van der Waals surface area contributed by atoms with Crippen molar-refractivity contribution in [3.8, 4) is 0 Å². The van der Waals surface area contributed by atoms with E-state index in [0.29, 0.717) is 28.7 Å². The molecule has 1 aromatic carbocycles. The number of thioether (sulfide) groups is 1. The van der Waals surface area contributed by atoms with Crippen molar-refractivity contribution in [2.75, 3.05) is 25.2 Å². The summed E-state index contributed by atoms with van der Waals surface area (Å²) in [5.41, 5.74) is 2.20. The van der Waals surface area contributed by atoms with Gasteiger partial charge in [0.15, 0.2) is 5.16 Å². The van der Waals surface area contributed by atoms with Crippen LogP contribution in [0.25, 0.3) is 10.2 Å². The molecule has 36 heavy (non-hydrogen) atoms. The summed E-state index contributed by atoms with van der Waals surface area (Å²) in [5.74, 6) is 0.288. The predicted octanol–water partition coefficient (Wildman–Crippen LogP) is 4.06. The van der Waals surface area contributed by atoms with Crippen molar-refractivity contribution < 1.29 is 13.2 Å². The molecule has 3 aromatic rings. The number of anilines is 1. The largest absolute Gasteiger partial charge is 0.325 e. The molecule has 0 spiro atoms. The molecule has 192 valence electrons. The number of aromatic nitrogens is 2. The van der Waals surface area contributed by atoms with E-state index in [1.807, 2.05) is 0 Å². The van der Waals surface area contributed by atoms with E-state index in [1.54, 1.807) is 35.0 Å². The Balaban J connectivity index is 1.59. The third-order valence-corrected chi connectivity index (χ3v) is 10.2. The number of carbonyl (C=O) groups is 1. The molecule has 2 heterocycles. The number of rotatable bonds is 8. The molecule has 0 aliphatic heterocycles. The van der Waals surface area contributed by atoms with Crippen molar-refractivity contribution in [2.24, 2.45) is 5.92 Å². The number of hydrogen-bond acceptors (Lipinski definition) is 7. The number of carbonyl (C=O) groups excluding carboxylic acids is 1. The third kappa shape index (κ3) is 5.15. The first-order chi connectivity index (χ1) is 17.0. The summed E-state index contributed by atoms with van der Waals surface area (Å²) in [6.07, 6.45) is 4.56. The predicted molar refractivity (Wildman–Crippen MR) is 147 cm³/mol. The monoisotopic (exact) mass is 546 g/mol. The van der Waals surface area contributed by atoms with Gasteiger partial charge < -0.3 is 5.32 Å². The Morgan fingerprint density at radius 2 is 2.14 bits per heavy atom. The van der Waals surface area contributed by atoms with Gasteiger partial charge in [-0.3, -0.25) is 14.2 Å². The minimum Gasteiger partial charge on any atom is -0.325 e. The number of nitrogens with zero attached hydrogens (tertiary/aromatic N) is 3. The molecular formula is C25H30N4O4S3. The summed E-state index contributed by atoms with van der Waals surface area (Å²) in [5, 5.41) is 3.97. The molecule has 1 aliphatic rings. The number of benzene rings is 1. The highest BCUT2D eigenvalue weighted by Crippen LogP contribution is 2.36. The van der Waals surface area contributed by atoms with E-state index in [4.69, 9.17) is 4.98 Å². The van der Waals surface area contributed by atoms with Gasteiger partial charge in [-0.25, -0.2) is 17.7 Å². The average molecular weight is 547 g/mol. The second-order valence-electron chi connectivity index (χ2n) is 9.23. The molecule has 4 rings (SSSR count). The number of amides is 1. The fourth-order valence-corrected chi connectivity index (χ4v) is 7.39. The SMILES string of the molecule is C=CCn1c(SCC(=O)Nc2cc(S(=O)(=O)N(C)C)ccc2C)nc2sc3c(c2c1=O)CCC(C)C3. The Bertz CT molecular complexity index is 1510. The molecule has 11 heteroatoms.